The predicted octanol–water partition coefficient (Wildman–Crippen LogP) is 3.99. The summed E-state index contributed by atoms with van der Waals surface area (Å²) >= 11 is 6.05. The molecule has 0 saturated heterocycles. The molecule has 4 aromatic rings. The average Bonchev–Trinajstić information content (AvgIpc) is 3.21. The first-order valence-corrected chi connectivity index (χ1v) is 10.7. The third-order valence-electron chi connectivity index (χ3n) is 5.95. The number of benzene rings is 1. The summed E-state index contributed by atoms with van der Waals surface area (Å²) in [6.07, 6.45) is 7.85. The lowest BCUT2D eigenvalue weighted by Gasteiger charge is -2.27. The van der Waals surface area contributed by atoms with Gasteiger partial charge in [0.2, 0.25) is 0 Å². The van der Waals surface area contributed by atoms with Crippen LogP contribution >= 0.6 is 11.6 Å². The van der Waals surface area contributed by atoms with Gasteiger partial charge in [-0.25, -0.2) is 9.97 Å². The van der Waals surface area contributed by atoms with E-state index in [4.69, 9.17) is 16.6 Å². The molecular formula is C23H22ClN5O2. The Labute approximate surface area is 184 Å². The Kier molecular flexibility index (Phi) is 5.08. The van der Waals surface area contributed by atoms with Gasteiger partial charge in [0.05, 0.1) is 29.7 Å². The maximum absolute atomic E-state index is 13.5. The van der Waals surface area contributed by atoms with Crippen LogP contribution in [-0.2, 0) is 7.05 Å². The number of aromatic nitrogens is 5. The Morgan fingerprint density at radius 3 is 2.52 bits per heavy atom. The minimum Gasteiger partial charge on any atom is -0.393 e. The van der Waals surface area contributed by atoms with Gasteiger partial charge in [0.15, 0.2) is 0 Å². The van der Waals surface area contributed by atoms with E-state index in [1.807, 2.05) is 31.4 Å². The molecule has 1 aromatic carbocycles. The minimum absolute atomic E-state index is 0.0433. The van der Waals surface area contributed by atoms with Gasteiger partial charge in [0, 0.05) is 35.4 Å². The van der Waals surface area contributed by atoms with E-state index in [0.29, 0.717) is 40.2 Å². The van der Waals surface area contributed by atoms with Crippen LogP contribution in [0, 0.1) is 0 Å². The molecule has 0 aliphatic heterocycles. The molecule has 3 heterocycles. The third-order valence-corrected chi connectivity index (χ3v) is 6.20. The average molecular weight is 436 g/mol. The highest BCUT2D eigenvalue weighted by atomic mass is 35.5. The number of hydrogen-bond donors (Lipinski definition) is 1. The lowest BCUT2D eigenvalue weighted by molar-refractivity contribution is 0.110. The molecule has 8 heteroatoms. The van der Waals surface area contributed by atoms with Crippen LogP contribution in [0.5, 0.6) is 0 Å². The van der Waals surface area contributed by atoms with Crippen molar-refractivity contribution in [1.82, 2.24) is 24.3 Å². The molecule has 1 aliphatic rings. The Hall–Kier alpha value is -3.03. The summed E-state index contributed by atoms with van der Waals surface area (Å²) in [5.41, 5.74) is 3.44. The summed E-state index contributed by atoms with van der Waals surface area (Å²) in [5.74, 6) is 0. The third kappa shape index (κ3) is 3.75. The van der Waals surface area contributed by atoms with Gasteiger partial charge in [-0.1, -0.05) is 23.7 Å². The maximum Gasteiger partial charge on any atom is 0.261 e. The lowest BCUT2D eigenvalue weighted by Crippen LogP contribution is -2.29. The number of hydrogen-bond acceptors (Lipinski definition) is 5. The molecule has 0 atom stereocenters. The fourth-order valence-electron chi connectivity index (χ4n) is 4.25. The van der Waals surface area contributed by atoms with Gasteiger partial charge in [0.25, 0.3) is 5.56 Å². The number of aliphatic hydroxyl groups is 1. The largest absolute Gasteiger partial charge is 0.393 e. The Balaban J connectivity index is 1.72. The van der Waals surface area contributed by atoms with E-state index in [9.17, 15) is 9.90 Å². The predicted molar refractivity (Wildman–Crippen MR) is 120 cm³/mol. The first-order valence-electron chi connectivity index (χ1n) is 10.3. The van der Waals surface area contributed by atoms with Crippen LogP contribution in [0.3, 0.4) is 0 Å². The van der Waals surface area contributed by atoms with Crippen molar-refractivity contribution in [2.24, 2.45) is 7.05 Å². The molecule has 1 N–H and O–H groups in total. The zero-order chi connectivity index (χ0) is 21.5. The molecular weight excluding hydrogens is 414 g/mol. The Morgan fingerprint density at radius 1 is 1.10 bits per heavy atom. The highest BCUT2D eigenvalue weighted by Crippen LogP contribution is 2.31. The number of fused-ring (bicyclic) bond motifs is 1. The number of nitrogens with zero attached hydrogens (tertiary/aromatic N) is 5. The van der Waals surface area contributed by atoms with E-state index >= 15 is 0 Å². The van der Waals surface area contributed by atoms with Crippen molar-refractivity contribution >= 4 is 22.5 Å². The van der Waals surface area contributed by atoms with Crippen molar-refractivity contribution in [3.8, 4) is 22.5 Å². The van der Waals surface area contributed by atoms with Gasteiger partial charge < -0.3 is 5.11 Å². The summed E-state index contributed by atoms with van der Waals surface area (Å²) in [7, 11) is 1.84. The van der Waals surface area contributed by atoms with Crippen molar-refractivity contribution in [3.63, 3.8) is 0 Å². The highest BCUT2D eigenvalue weighted by molar-refractivity contribution is 6.30. The molecule has 7 nitrogen and oxygen atoms in total. The highest BCUT2D eigenvalue weighted by Gasteiger charge is 2.23. The van der Waals surface area contributed by atoms with Crippen LogP contribution < -0.4 is 5.56 Å². The molecule has 0 bridgehead atoms. The summed E-state index contributed by atoms with van der Waals surface area (Å²) in [6.45, 7) is 0. The fraction of sp³-hybridized carbons (Fsp3) is 0.304. The van der Waals surface area contributed by atoms with E-state index in [-0.39, 0.29) is 17.7 Å². The fourth-order valence-corrected chi connectivity index (χ4v) is 4.38. The molecule has 31 heavy (non-hydrogen) atoms. The normalized spacial score (nSPS) is 19.1. The molecule has 5 rings (SSSR count). The second-order valence-corrected chi connectivity index (χ2v) is 8.52. The maximum atomic E-state index is 13.5. The van der Waals surface area contributed by atoms with Gasteiger partial charge in [-0.05, 0) is 43.9 Å². The SMILES string of the molecule is Cn1cc(-c2nc(-c3ccc(Cl)cc3)cc3c(=O)n([C@H]4CC[C@H](O)CC4)cnc23)cn1. The quantitative estimate of drug-likeness (QED) is 0.526. The lowest BCUT2D eigenvalue weighted by atomic mass is 9.93. The molecule has 0 unspecified atom stereocenters. The zero-order valence-electron chi connectivity index (χ0n) is 17.1. The van der Waals surface area contributed by atoms with Gasteiger partial charge in [-0.3, -0.25) is 14.0 Å². The summed E-state index contributed by atoms with van der Waals surface area (Å²) in [5, 5.41) is 15.3. The van der Waals surface area contributed by atoms with Gasteiger partial charge >= 0.3 is 0 Å². The van der Waals surface area contributed by atoms with Crippen LogP contribution in [0.1, 0.15) is 31.7 Å². The molecule has 158 valence electrons. The molecule has 1 saturated carbocycles. The van der Waals surface area contributed by atoms with Crippen molar-refractivity contribution in [2.75, 3.05) is 0 Å². The first kappa shape index (κ1) is 19.9. The van der Waals surface area contributed by atoms with Gasteiger partial charge in [0.1, 0.15) is 11.2 Å². The number of aliphatic hydroxyl groups excluding tert-OH is 1. The smallest absolute Gasteiger partial charge is 0.261 e. The second kappa shape index (κ2) is 7.90. The molecule has 0 radical (unpaired) electrons. The van der Waals surface area contributed by atoms with Crippen LogP contribution in [0.2, 0.25) is 5.02 Å². The summed E-state index contributed by atoms with van der Waals surface area (Å²) in [4.78, 5) is 23.0. The number of rotatable bonds is 3. The van der Waals surface area contributed by atoms with E-state index in [1.165, 1.54) is 0 Å². The van der Waals surface area contributed by atoms with Gasteiger partial charge in [-0.15, -0.1) is 0 Å². The van der Waals surface area contributed by atoms with E-state index in [2.05, 4.69) is 10.1 Å². The standard InChI is InChI=1S/C23H22ClN5O2/c1-28-12-15(11-26-28)21-22-19(10-20(27-21)14-2-4-16(24)5-3-14)23(31)29(13-25-22)17-6-8-18(30)9-7-17/h2-5,10-13,17-18,30H,6-9H2,1H3/t17-,18-. The van der Waals surface area contributed by atoms with E-state index < -0.39 is 0 Å². The first-order chi connectivity index (χ1) is 15.0. The van der Waals surface area contributed by atoms with E-state index in [0.717, 1.165) is 24.0 Å². The van der Waals surface area contributed by atoms with Gasteiger partial charge in [-0.2, -0.15) is 5.10 Å². The van der Waals surface area contributed by atoms with Crippen LogP contribution in [-0.4, -0.2) is 35.5 Å². The Bertz CT molecular complexity index is 1300. The zero-order valence-corrected chi connectivity index (χ0v) is 17.8. The van der Waals surface area contributed by atoms with Crippen molar-refractivity contribution in [2.45, 2.75) is 37.8 Å². The molecule has 0 amide bonds. The summed E-state index contributed by atoms with van der Waals surface area (Å²) in [6, 6.07) is 9.24. The van der Waals surface area contributed by atoms with Crippen molar-refractivity contribution < 1.29 is 5.11 Å². The molecule has 3 aromatic heterocycles. The minimum atomic E-state index is -0.279. The topological polar surface area (TPSA) is 85.8 Å². The second-order valence-electron chi connectivity index (χ2n) is 8.08. The molecule has 0 spiro atoms. The van der Waals surface area contributed by atoms with Crippen LogP contribution in [0.15, 0.2) is 53.8 Å². The van der Waals surface area contributed by atoms with Crippen LogP contribution in [0.4, 0.5) is 0 Å². The number of pyridine rings is 1. The van der Waals surface area contributed by atoms with Crippen molar-refractivity contribution in [1.29, 1.82) is 0 Å². The Morgan fingerprint density at radius 2 is 1.84 bits per heavy atom. The van der Waals surface area contributed by atoms with Crippen LogP contribution in [0.25, 0.3) is 33.4 Å². The monoisotopic (exact) mass is 435 g/mol. The molecule has 1 aliphatic carbocycles. The van der Waals surface area contributed by atoms with E-state index in [1.54, 1.807) is 33.9 Å². The summed E-state index contributed by atoms with van der Waals surface area (Å²) < 4.78 is 3.42. The molecule has 1 fully saturated rings. The number of aryl methyl sites for hydroxylation is 1. The van der Waals surface area contributed by atoms with Crippen molar-refractivity contribution in [3.05, 3.63) is 64.4 Å². The number of halogens is 1.